The van der Waals surface area contributed by atoms with Crippen molar-refractivity contribution in [2.24, 2.45) is 0 Å². The molecule has 1 aromatic rings. The lowest BCUT2D eigenvalue weighted by atomic mass is 10.2. The van der Waals surface area contributed by atoms with Crippen LogP contribution in [0, 0.1) is 11.6 Å². The van der Waals surface area contributed by atoms with Crippen LogP contribution in [-0.4, -0.2) is 16.8 Å². The number of phenols is 1. The number of carbonyl (C=O) groups excluding carboxylic acids is 1. The summed E-state index contributed by atoms with van der Waals surface area (Å²) >= 11 is 0. The van der Waals surface area contributed by atoms with E-state index in [1.54, 1.807) is 20.8 Å². The fourth-order valence-electron chi connectivity index (χ4n) is 1.20. The van der Waals surface area contributed by atoms with Crippen molar-refractivity contribution in [3.63, 3.8) is 0 Å². The van der Waals surface area contributed by atoms with E-state index in [0.717, 1.165) is 6.07 Å². The maximum atomic E-state index is 13.3. The van der Waals surface area contributed by atoms with Gasteiger partial charge in [0, 0.05) is 12.1 Å². The van der Waals surface area contributed by atoms with Crippen molar-refractivity contribution in [3.8, 4) is 5.75 Å². The minimum atomic E-state index is -1.33. The molecule has 0 unspecified atom stereocenters. The Hall–Kier alpha value is -1.85. The van der Waals surface area contributed by atoms with Crippen molar-refractivity contribution in [3.05, 3.63) is 29.3 Å². The molecule has 6 heteroatoms. The Kier molecular flexibility index (Phi) is 4.11. The molecule has 0 atom stereocenters. The van der Waals surface area contributed by atoms with E-state index in [1.165, 1.54) is 6.07 Å². The number of phenolic OH excluding ortho intramolecular Hbond substituents is 1. The van der Waals surface area contributed by atoms with Crippen LogP contribution in [0.2, 0.25) is 0 Å². The van der Waals surface area contributed by atoms with Gasteiger partial charge < -0.3 is 15.2 Å². The zero-order chi connectivity index (χ0) is 13.9. The van der Waals surface area contributed by atoms with Crippen LogP contribution in [0.1, 0.15) is 26.3 Å². The molecule has 0 aliphatic rings. The first kappa shape index (κ1) is 14.2. The van der Waals surface area contributed by atoms with Gasteiger partial charge in [0.1, 0.15) is 5.60 Å². The maximum absolute atomic E-state index is 13.3. The average Bonchev–Trinajstić information content (AvgIpc) is 2.22. The summed E-state index contributed by atoms with van der Waals surface area (Å²) < 4.78 is 31.3. The Balaban J connectivity index is 2.65. The number of carbonyl (C=O) groups is 1. The van der Waals surface area contributed by atoms with Gasteiger partial charge in [0.2, 0.25) is 5.82 Å². The number of aromatic hydroxyl groups is 1. The summed E-state index contributed by atoms with van der Waals surface area (Å²) in [5, 5.41) is 11.2. The van der Waals surface area contributed by atoms with Crippen LogP contribution in [0.4, 0.5) is 13.6 Å². The van der Waals surface area contributed by atoms with Gasteiger partial charge in [-0.05, 0) is 26.8 Å². The van der Waals surface area contributed by atoms with Gasteiger partial charge in [-0.3, -0.25) is 0 Å². The van der Waals surface area contributed by atoms with Crippen molar-refractivity contribution >= 4 is 6.09 Å². The van der Waals surface area contributed by atoms with Crippen molar-refractivity contribution < 1.29 is 23.4 Å². The number of ether oxygens (including phenoxy) is 1. The summed E-state index contributed by atoms with van der Waals surface area (Å²) in [6.07, 6.45) is -0.726. The van der Waals surface area contributed by atoms with Gasteiger partial charge in [-0.1, -0.05) is 6.07 Å². The van der Waals surface area contributed by atoms with Crippen LogP contribution in [0.25, 0.3) is 0 Å². The number of halogens is 2. The highest BCUT2D eigenvalue weighted by atomic mass is 19.2. The molecule has 0 saturated carbocycles. The van der Waals surface area contributed by atoms with Gasteiger partial charge in [0.25, 0.3) is 0 Å². The quantitative estimate of drug-likeness (QED) is 0.858. The van der Waals surface area contributed by atoms with Crippen molar-refractivity contribution in [1.29, 1.82) is 0 Å². The average molecular weight is 259 g/mol. The third-order valence-electron chi connectivity index (χ3n) is 1.96. The molecule has 1 amide bonds. The first-order valence-electron chi connectivity index (χ1n) is 5.33. The first-order chi connectivity index (χ1) is 8.20. The minimum absolute atomic E-state index is 0.0730. The van der Waals surface area contributed by atoms with Crippen LogP contribution < -0.4 is 5.32 Å². The van der Waals surface area contributed by atoms with Crippen LogP contribution in [0.15, 0.2) is 12.1 Å². The molecule has 0 aliphatic carbocycles. The maximum Gasteiger partial charge on any atom is 0.407 e. The largest absolute Gasteiger partial charge is 0.505 e. The minimum Gasteiger partial charge on any atom is -0.505 e. The molecule has 0 aromatic heterocycles. The van der Waals surface area contributed by atoms with E-state index >= 15 is 0 Å². The van der Waals surface area contributed by atoms with Gasteiger partial charge >= 0.3 is 6.09 Å². The third kappa shape index (κ3) is 3.87. The van der Waals surface area contributed by atoms with Gasteiger partial charge in [0.15, 0.2) is 11.6 Å². The topological polar surface area (TPSA) is 58.6 Å². The van der Waals surface area contributed by atoms with Gasteiger partial charge in [-0.15, -0.1) is 0 Å². The Morgan fingerprint density at radius 2 is 1.94 bits per heavy atom. The predicted molar refractivity (Wildman–Crippen MR) is 61.1 cm³/mol. The highest BCUT2D eigenvalue weighted by Gasteiger charge is 2.17. The number of hydrogen-bond acceptors (Lipinski definition) is 3. The number of alkyl carbamates (subject to hydrolysis) is 1. The first-order valence-corrected chi connectivity index (χ1v) is 5.33. The lowest BCUT2D eigenvalue weighted by Crippen LogP contribution is -2.32. The molecule has 0 aliphatic heterocycles. The molecule has 2 N–H and O–H groups in total. The fourth-order valence-corrected chi connectivity index (χ4v) is 1.20. The SMILES string of the molecule is CC(C)(C)OC(=O)NCc1ccc(O)c(F)c1F. The lowest BCUT2D eigenvalue weighted by Gasteiger charge is -2.19. The van der Waals surface area contributed by atoms with Crippen LogP contribution in [0.3, 0.4) is 0 Å². The molecule has 18 heavy (non-hydrogen) atoms. The summed E-state index contributed by atoms with van der Waals surface area (Å²) in [6.45, 7) is 4.84. The molecule has 100 valence electrons. The summed E-state index contributed by atoms with van der Waals surface area (Å²) in [4.78, 5) is 11.3. The summed E-state index contributed by atoms with van der Waals surface area (Å²) in [7, 11) is 0. The molecule has 0 radical (unpaired) electrons. The molecule has 1 rings (SSSR count). The second kappa shape index (κ2) is 5.20. The fraction of sp³-hybridized carbons (Fsp3) is 0.417. The number of rotatable bonds is 2. The second-order valence-corrected chi connectivity index (χ2v) is 4.73. The lowest BCUT2D eigenvalue weighted by molar-refractivity contribution is 0.0523. The molecule has 0 bridgehead atoms. The summed E-state index contributed by atoms with van der Waals surface area (Å²) in [6, 6.07) is 2.20. The Morgan fingerprint density at radius 3 is 2.50 bits per heavy atom. The molecule has 0 fully saturated rings. The van der Waals surface area contributed by atoms with Crippen LogP contribution >= 0.6 is 0 Å². The van der Waals surface area contributed by atoms with E-state index in [4.69, 9.17) is 9.84 Å². The number of nitrogens with one attached hydrogen (secondary N) is 1. The van der Waals surface area contributed by atoms with Gasteiger partial charge in [0.05, 0.1) is 0 Å². The predicted octanol–water partition coefficient (Wildman–Crippen LogP) is 2.70. The molecular formula is C12H15F2NO3. The van der Waals surface area contributed by atoms with Crippen molar-refractivity contribution in [2.45, 2.75) is 32.9 Å². The smallest absolute Gasteiger partial charge is 0.407 e. The summed E-state index contributed by atoms with van der Waals surface area (Å²) in [5.74, 6) is -3.29. The van der Waals surface area contributed by atoms with E-state index < -0.39 is 29.1 Å². The molecule has 4 nitrogen and oxygen atoms in total. The summed E-state index contributed by atoms with van der Waals surface area (Å²) in [5.41, 5.74) is -0.737. The molecular weight excluding hydrogens is 244 g/mol. The van der Waals surface area contributed by atoms with E-state index in [-0.39, 0.29) is 12.1 Å². The Morgan fingerprint density at radius 1 is 1.33 bits per heavy atom. The highest BCUT2D eigenvalue weighted by Crippen LogP contribution is 2.21. The highest BCUT2D eigenvalue weighted by molar-refractivity contribution is 5.67. The molecule has 0 heterocycles. The normalized spacial score (nSPS) is 11.2. The Bertz CT molecular complexity index is 455. The molecule has 1 aromatic carbocycles. The van der Waals surface area contributed by atoms with E-state index in [9.17, 15) is 13.6 Å². The zero-order valence-corrected chi connectivity index (χ0v) is 10.4. The number of hydrogen-bond donors (Lipinski definition) is 2. The molecule has 0 spiro atoms. The molecule has 0 saturated heterocycles. The number of benzene rings is 1. The van der Waals surface area contributed by atoms with Gasteiger partial charge in [-0.2, -0.15) is 4.39 Å². The third-order valence-corrected chi connectivity index (χ3v) is 1.96. The standard InChI is InChI=1S/C12H15F2NO3/c1-12(2,3)18-11(17)15-6-7-4-5-8(16)10(14)9(7)13/h4-5,16H,6H2,1-3H3,(H,15,17). The van der Waals surface area contributed by atoms with Crippen molar-refractivity contribution in [2.75, 3.05) is 0 Å². The van der Waals surface area contributed by atoms with Crippen LogP contribution in [0.5, 0.6) is 5.75 Å². The zero-order valence-electron chi connectivity index (χ0n) is 10.4. The monoisotopic (exact) mass is 259 g/mol. The second-order valence-electron chi connectivity index (χ2n) is 4.73. The van der Waals surface area contributed by atoms with E-state index in [1.807, 2.05) is 0 Å². The van der Waals surface area contributed by atoms with E-state index in [2.05, 4.69) is 5.32 Å². The number of amides is 1. The van der Waals surface area contributed by atoms with Crippen molar-refractivity contribution in [1.82, 2.24) is 5.32 Å². The Labute approximate surface area is 104 Å². The van der Waals surface area contributed by atoms with Gasteiger partial charge in [-0.25, -0.2) is 9.18 Å². The van der Waals surface area contributed by atoms with E-state index in [0.29, 0.717) is 0 Å². The van der Waals surface area contributed by atoms with Crippen LogP contribution in [-0.2, 0) is 11.3 Å².